The SMILES string of the molecule is COc1ccc2[nH]c(C(=O)NN=Cc3ccc(OC(=O)c4cccc(C)c4)c(OC)c3)c(-c3ccccc3Cl)c2c1. The number of hydrazone groups is 1. The highest BCUT2D eigenvalue weighted by Gasteiger charge is 2.21. The van der Waals surface area contributed by atoms with Crippen molar-refractivity contribution in [3.05, 3.63) is 112 Å². The molecule has 1 amide bonds. The zero-order chi connectivity index (χ0) is 28.9. The maximum absolute atomic E-state index is 13.3. The largest absolute Gasteiger partial charge is 0.497 e. The molecule has 0 fully saturated rings. The second-order valence-electron chi connectivity index (χ2n) is 9.13. The Labute approximate surface area is 241 Å². The van der Waals surface area contributed by atoms with Crippen LogP contribution in [0.4, 0.5) is 0 Å². The van der Waals surface area contributed by atoms with Gasteiger partial charge >= 0.3 is 5.97 Å². The van der Waals surface area contributed by atoms with E-state index in [2.05, 4.69) is 15.5 Å². The molecule has 0 bridgehead atoms. The van der Waals surface area contributed by atoms with Crippen LogP contribution in [0.2, 0.25) is 5.02 Å². The number of H-pyrrole nitrogens is 1. The summed E-state index contributed by atoms with van der Waals surface area (Å²) in [6.45, 7) is 1.90. The van der Waals surface area contributed by atoms with Crippen LogP contribution in [0, 0.1) is 6.92 Å². The number of methoxy groups -OCH3 is 2. The van der Waals surface area contributed by atoms with Gasteiger partial charge in [-0.05, 0) is 67.1 Å². The highest BCUT2D eigenvalue weighted by Crippen LogP contribution is 2.38. The van der Waals surface area contributed by atoms with Gasteiger partial charge in [0, 0.05) is 27.1 Å². The fourth-order valence-corrected chi connectivity index (χ4v) is 4.64. The molecule has 4 aromatic carbocycles. The Morgan fingerprint density at radius 2 is 1.73 bits per heavy atom. The number of benzene rings is 4. The van der Waals surface area contributed by atoms with E-state index in [0.29, 0.717) is 44.5 Å². The van der Waals surface area contributed by atoms with E-state index in [1.807, 2.05) is 49.4 Å². The Kier molecular flexibility index (Phi) is 8.03. The molecule has 206 valence electrons. The lowest BCUT2D eigenvalue weighted by Gasteiger charge is -2.10. The summed E-state index contributed by atoms with van der Waals surface area (Å²) in [6.07, 6.45) is 1.47. The number of carbonyl (C=O) groups is 2. The van der Waals surface area contributed by atoms with Gasteiger partial charge in [0.25, 0.3) is 5.91 Å². The van der Waals surface area contributed by atoms with E-state index >= 15 is 0 Å². The van der Waals surface area contributed by atoms with E-state index in [1.165, 1.54) is 13.3 Å². The number of hydrogen-bond donors (Lipinski definition) is 2. The molecule has 9 heteroatoms. The first-order chi connectivity index (χ1) is 19.9. The van der Waals surface area contributed by atoms with Crippen LogP contribution in [0.1, 0.15) is 32.0 Å². The zero-order valence-corrected chi connectivity index (χ0v) is 23.3. The smallest absolute Gasteiger partial charge is 0.343 e. The summed E-state index contributed by atoms with van der Waals surface area (Å²) in [7, 11) is 3.06. The first-order valence-corrected chi connectivity index (χ1v) is 13.0. The number of nitrogens with zero attached hydrogens (tertiary/aromatic N) is 1. The van der Waals surface area contributed by atoms with Crippen LogP contribution in [0.5, 0.6) is 17.2 Å². The van der Waals surface area contributed by atoms with Crippen molar-refractivity contribution in [1.29, 1.82) is 0 Å². The lowest BCUT2D eigenvalue weighted by Crippen LogP contribution is -2.19. The van der Waals surface area contributed by atoms with Gasteiger partial charge in [-0.2, -0.15) is 5.10 Å². The molecule has 0 aliphatic carbocycles. The van der Waals surface area contributed by atoms with Gasteiger partial charge in [0.1, 0.15) is 11.4 Å². The lowest BCUT2D eigenvalue weighted by molar-refractivity contribution is 0.0729. The third-order valence-corrected chi connectivity index (χ3v) is 6.73. The number of halogens is 1. The second kappa shape index (κ2) is 12.0. The first-order valence-electron chi connectivity index (χ1n) is 12.6. The third kappa shape index (κ3) is 5.92. The number of esters is 1. The minimum Gasteiger partial charge on any atom is -0.497 e. The van der Waals surface area contributed by atoms with Crippen molar-refractivity contribution in [2.45, 2.75) is 6.92 Å². The molecule has 1 heterocycles. The van der Waals surface area contributed by atoms with Crippen molar-refractivity contribution in [3.63, 3.8) is 0 Å². The molecule has 0 atom stereocenters. The van der Waals surface area contributed by atoms with Crippen LogP contribution in [0.15, 0.2) is 90.0 Å². The minimum absolute atomic E-state index is 0.262. The number of aromatic nitrogens is 1. The van der Waals surface area contributed by atoms with Crippen LogP contribution in [-0.2, 0) is 0 Å². The number of amides is 1. The minimum atomic E-state index is -0.494. The Balaban J connectivity index is 1.37. The van der Waals surface area contributed by atoms with Crippen LogP contribution in [-0.4, -0.2) is 37.3 Å². The fourth-order valence-electron chi connectivity index (χ4n) is 4.41. The van der Waals surface area contributed by atoms with Crippen molar-refractivity contribution in [3.8, 4) is 28.4 Å². The summed E-state index contributed by atoms with van der Waals surface area (Å²) >= 11 is 6.52. The van der Waals surface area contributed by atoms with Crippen molar-refractivity contribution < 1.29 is 23.8 Å². The van der Waals surface area contributed by atoms with E-state index in [1.54, 1.807) is 49.6 Å². The maximum atomic E-state index is 13.3. The van der Waals surface area contributed by atoms with E-state index in [0.717, 1.165) is 16.5 Å². The molecule has 0 saturated carbocycles. The molecule has 0 radical (unpaired) electrons. The summed E-state index contributed by atoms with van der Waals surface area (Å²) in [5, 5.41) is 5.42. The van der Waals surface area contributed by atoms with Crippen LogP contribution in [0.3, 0.4) is 0 Å². The van der Waals surface area contributed by atoms with Crippen molar-refractivity contribution >= 4 is 40.6 Å². The summed E-state index contributed by atoms with van der Waals surface area (Å²) < 4.78 is 16.4. The Morgan fingerprint density at radius 1 is 0.902 bits per heavy atom. The first kappa shape index (κ1) is 27.5. The Morgan fingerprint density at radius 3 is 2.49 bits per heavy atom. The summed E-state index contributed by atoms with van der Waals surface area (Å²) in [4.78, 5) is 29.1. The number of carbonyl (C=O) groups excluding carboxylic acids is 2. The number of aryl methyl sites for hydroxylation is 1. The van der Waals surface area contributed by atoms with Crippen LogP contribution >= 0.6 is 11.6 Å². The molecule has 0 spiro atoms. The molecule has 5 rings (SSSR count). The van der Waals surface area contributed by atoms with Gasteiger partial charge < -0.3 is 19.2 Å². The summed E-state index contributed by atoms with van der Waals surface area (Å²) in [5.74, 6) is 0.301. The number of nitrogens with one attached hydrogen (secondary N) is 2. The highest BCUT2D eigenvalue weighted by atomic mass is 35.5. The van der Waals surface area contributed by atoms with Gasteiger partial charge in [-0.3, -0.25) is 4.79 Å². The van der Waals surface area contributed by atoms with Gasteiger partial charge in [0.15, 0.2) is 11.5 Å². The molecule has 8 nitrogen and oxygen atoms in total. The molecule has 0 aliphatic rings. The molecule has 5 aromatic rings. The number of fused-ring (bicyclic) bond motifs is 1. The quantitative estimate of drug-likeness (QED) is 0.0929. The number of hydrogen-bond acceptors (Lipinski definition) is 6. The summed E-state index contributed by atoms with van der Waals surface area (Å²) in [5.41, 5.74) is 6.96. The molecule has 0 unspecified atom stereocenters. The highest BCUT2D eigenvalue weighted by molar-refractivity contribution is 6.34. The number of rotatable bonds is 8. The van der Waals surface area contributed by atoms with Crippen molar-refractivity contribution in [1.82, 2.24) is 10.4 Å². The summed E-state index contributed by atoms with van der Waals surface area (Å²) in [6, 6.07) is 24.9. The van der Waals surface area contributed by atoms with Crippen LogP contribution < -0.4 is 19.6 Å². The van der Waals surface area contributed by atoms with E-state index in [9.17, 15) is 9.59 Å². The van der Waals surface area contributed by atoms with Crippen LogP contribution in [0.25, 0.3) is 22.0 Å². The fraction of sp³-hybridized carbons (Fsp3) is 0.0938. The standard InChI is InChI=1S/C32H26ClN3O5/c1-19-7-6-8-21(15-19)32(38)41-27-14-11-20(16-28(27)40-3)18-34-36-31(37)30-29(23-9-4-5-10-25(23)33)24-17-22(39-2)12-13-26(24)35-30/h4-18,35H,1-3H3,(H,36,37). The molecule has 0 saturated heterocycles. The van der Waals surface area contributed by atoms with E-state index in [4.69, 9.17) is 25.8 Å². The van der Waals surface area contributed by atoms with E-state index in [-0.39, 0.29) is 5.75 Å². The van der Waals surface area contributed by atoms with Crippen molar-refractivity contribution in [2.75, 3.05) is 14.2 Å². The van der Waals surface area contributed by atoms with Gasteiger partial charge in [-0.1, -0.05) is 47.5 Å². The molecule has 2 N–H and O–H groups in total. The predicted molar refractivity (Wildman–Crippen MR) is 159 cm³/mol. The molecular weight excluding hydrogens is 542 g/mol. The third-order valence-electron chi connectivity index (χ3n) is 6.40. The Bertz CT molecular complexity index is 1790. The number of ether oxygens (including phenoxy) is 3. The monoisotopic (exact) mass is 567 g/mol. The average molecular weight is 568 g/mol. The second-order valence-corrected chi connectivity index (χ2v) is 9.54. The van der Waals surface area contributed by atoms with Gasteiger partial charge in [-0.25, -0.2) is 10.2 Å². The lowest BCUT2D eigenvalue weighted by atomic mass is 10.0. The van der Waals surface area contributed by atoms with E-state index < -0.39 is 11.9 Å². The topological polar surface area (TPSA) is 102 Å². The van der Waals surface area contributed by atoms with Gasteiger partial charge in [0.2, 0.25) is 0 Å². The van der Waals surface area contributed by atoms with Gasteiger partial charge in [-0.15, -0.1) is 0 Å². The van der Waals surface area contributed by atoms with Crippen molar-refractivity contribution in [2.24, 2.45) is 5.10 Å². The normalized spacial score (nSPS) is 11.0. The number of aromatic amines is 1. The van der Waals surface area contributed by atoms with Gasteiger partial charge in [0.05, 0.1) is 26.0 Å². The average Bonchev–Trinajstić information content (AvgIpc) is 3.36. The molecule has 1 aromatic heterocycles. The molecule has 41 heavy (non-hydrogen) atoms. The predicted octanol–water partition coefficient (Wildman–Crippen LogP) is 6.80. The molecular formula is C32H26ClN3O5. The molecule has 0 aliphatic heterocycles. The maximum Gasteiger partial charge on any atom is 0.343 e. The Hall–Kier alpha value is -5.08. The zero-order valence-electron chi connectivity index (χ0n) is 22.5.